The third-order valence-electron chi connectivity index (χ3n) is 5.40. The molecule has 3 heterocycles. The van der Waals surface area contributed by atoms with E-state index < -0.39 is 0 Å². The number of nitrogens with zero attached hydrogens (tertiary/aromatic N) is 4. The molecule has 25 heavy (non-hydrogen) atoms. The van der Waals surface area contributed by atoms with Gasteiger partial charge >= 0.3 is 0 Å². The molecule has 1 aromatic rings. The predicted octanol–water partition coefficient (Wildman–Crippen LogP) is 3.53. The lowest BCUT2D eigenvalue weighted by Crippen LogP contribution is -2.39. The molecule has 0 N–H and O–H groups in total. The summed E-state index contributed by atoms with van der Waals surface area (Å²) in [5.41, 5.74) is 1.12. The zero-order chi connectivity index (χ0) is 17.8. The largest absolute Gasteiger partial charge is 0.357 e. The molecule has 1 aromatic heterocycles. The van der Waals surface area contributed by atoms with E-state index in [4.69, 9.17) is 4.98 Å². The first kappa shape index (κ1) is 18.2. The number of hydrogen-bond donors (Lipinski definition) is 0. The summed E-state index contributed by atoms with van der Waals surface area (Å²) in [5, 5.41) is 0. The van der Waals surface area contributed by atoms with Crippen LogP contribution in [-0.2, 0) is 4.79 Å². The van der Waals surface area contributed by atoms with Crippen LogP contribution in [0.15, 0.2) is 6.07 Å². The van der Waals surface area contributed by atoms with Crippen LogP contribution in [-0.4, -0.2) is 47.0 Å². The van der Waals surface area contributed by atoms with Gasteiger partial charge in [-0.05, 0) is 44.9 Å². The number of amides is 1. The molecule has 1 atom stereocenters. The summed E-state index contributed by atoms with van der Waals surface area (Å²) < 4.78 is 0. The SMILES string of the molecule is Cc1nc([C@@H]2CCCN(C(=O)CCC(C)C)C2)cc(N2CCCC2)n1. The molecule has 0 radical (unpaired) electrons. The number of likely N-dealkylation sites (tertiary alicyclic amines) is 1. The van der Waals surface area contributed by atoms with Gasteiger partial charge in [-0.15, -0.1) is 0 Å². The number of rotatable bonds is 5. The van der Waals surface area contributed by atoms with E-state index in [-0.39, 0.29) is 0 Å². The van der Waals surface area contributed by atoms with Crippen LogP contribution in [0.5, 0.6) is 0 Å². The predicted molar refractivity (Wildman–Crippen MR) is 101 cm³/mol. The van der Waals surface area contributed by atoms with Gasteiger partial charge < -0.3 is 9.80 Å². The molecular formula is C20H32N4O. The van der Waals surface area contributed by atoms with Crippen molar-refractivity contribution in [1.82, 2.24) is 14.9 Å². The average Bonchev–Trinajstić information content (AvgIpc) is 3.14. The normalized spacial score (nSPS) is 21.2. The molecule has 0 saturated carbocycles. The van der Waals surface area contributed by atoms with Crippen LogP contribution in [0.4, 0.5) is 5.82 Å². The van der Waals surface area contributed by atoms with Gasteiger partial charge in [0.05, 0.1) is 5.69 Å². The van der Waals surface area contributed by atoms with Crippen LogP contribution in [0.2, 0.25) is 0 Å². The fourth-order valence-corrected chi connectivity index (χ4v) is 3.91. The molecule has 0 bridgehead atoms. The highest BCUT2D eigenvalue weighted by atomic mass is 16.2. The summed E-state index contributed by atoms with van der Waals surface area (Å²) >= 11 is 0. The second kappa shape index (κ2) is 8.15. The van der Waals surface area contributed by atoms with Crippen molar-refractivity contribution in [2.75, 3.05) is 31.1 Å². The Morgan fingerprint density at radius 2 is 1.96 bits per heavy atom. The minimum absolute atomic E-state index is 0.309. The summed E-state index contributed by atoms with van der Waals surface area (Å²) in [4.78, 5) is 26.3. The monoisotopic (exact) mass is 344 g/mol. The summed E-state index contributed by atoms with van der Waals surface area (Å²) in [6.45, 7) is 10.2. The van der Waals surface area contributed by atoms with Gasteiger partial charge in [-0.3, -0.25) is 4.79 Å². The first-order valence-electron chi connectivity index (χ1n) is 9.91. The van der Waals surface area contributed by atoms with Crippen molar-refractivity contribution in [2.45, 2.75) is 65.2 Å². The molecule has 1 amide bonds. The number of aryl methyl sites for hydroxylation is 1. The van der Waals surface area contributed by atoms with Crippen molar-refractivity contribution in [2.24, 2.45) is 5.92 Å². The zero-order valence-electron chi connectivity index (χ0n) is 16.0. The summed E-state index contributed by atoms with van der Waals surface area (Å²) in [6.07, 6.45) is 6.34. The molecule has 0 unspecified atom stereocenters. The lowest BCUT2D eigenvalue weighted by molar-refractivity contribution is -0.132. The van der Waals surface area contributed by atoms with Crippen molar-refractivity contribution >= 4 is 11.7 Å². The van der Waals surface area contributed by atoms with E-state index in [1.54, 1.807) is 0 Å². The molecule has 0 aromatic carbocycles. The lowest BCUT2D eigenvalue weighted by atomic mass is 9.93. The maximum Gasteiger partial charge on any atom is 0.222 e. The fourth-order valence-electron chi connectivity index (χ4n) is 3.91. The Labute approximate surface area is 151 Å². The van der Waals surface area contributed by atoms with Gasteiger partial charge in [0, 0.05) is 44.6 Å². The second-order valence-corrected chi connectivity index (χ2v) is 8.00. The van der Waals surface area contributed by atoms with Crippen molar-refractivity contribution in [1.29, 1.82) is 0 Å². The first-order valence-corrected chi connectivity index (χ1v) is 9.91. The number of hydrogen-bond acceptors (Lipinski definition) is 4. The number of anilines is 1. The molecule has 3 rings (SSSR count). The van der Waals surface area contributed by atoms with E-state index in [1.165, 1.54) is 12.8 Å². The van der Waals surface area contributed by atoms with E-state index in [0.29, 0.717) is 24.2 Å². The highest BCUT2D eigenvalue weighted by molar-refractivity contribution is 5.76. The molecule has 5 nitrogen and oxygen atoms in total. The Kier molecular flexibility index (Phi) is 5.92. The minimum Gasteiger partial charge on any atom is -0.357 e. The topological polar surface area (TPSA) is 49.3 Å². The smallest absolute Gasteiger partial charge is 0.222 e. The zero-order valence-corrected chi connectivity index (χ0v) is 16.0. The molecule has 2 saturated heterocycles. The van der Waals surface area contributed by atoms with Crippen LogP contribution in [0, 0.1) is 12.8 Å². The van der Waals surface area contributed by atoms with Gasteiger partial charge in [0.2, 0.25) is 5.91 Å². The molecule has 5 heteroatoms. The van der Waals surface area contributed by atoms with E-state index in [0.717, 1.165) is 62.8 Å². The molecule has 2 aliphatic heterocycles. The first-order chi connectivity index (χ1) is 12.0. The van der Waals surface area contributed by atoms with E-state index >= 15 is 0 Å². The molecule has 2 aliphatic rings. The van der Waals surface area contributed by atoms with Crippen LogP contribution in [0.25, 0.3) is 0 Å². The van der Waals surface area contributed by atoms with Crippen LogP contribution < -0.4 is 4.90 Å². The summed E-state index contributed by atoms with van der Waals surface area (Å²) in [6, 6.07) is 2.17. The standard InChI is InChI=1S/C20H32N4O/c1-15(2)8-9-20(25)24-12-6-7-17(14-24)18-13-19(22-16(3)21-18)23-10-4-5-11-23/h13,15,17H,4-12,14H2,1-3H3/t17-/m1/s1. The summed E-state index contributed by atoms with van der Waals surface area (Å²) in [7, 11) is 0. The van der Waals surface area contributed by atoms with Gasteiger partial charge in [0.1, 0.15) is 11.6 Å². The Balaban J connectivity index is 1.69. The van der Waals surface area contributed by atoms with Crippen molar-refractivity contribution in [3.05, 3.63) is 17.6 Å². The van der Waals surface area contributed by atoms with Crippen molar-refractivity contribution < 1.29 is 4.79 Å². The third-order valence-corrected chi connectivity index (χ3v) is 5.40. The van der Waals surface area contributed by atoms with Gasteiger partial charge in [-0.1, -0.05) is 13.8 Å². The Bertz CT molecular complexity index is 595. The maximum absolute atomic E-state index is 12.5. The number of carbonyl (C=O) groups is 1. The minimum atomic E-state index is 0.309. The molecule has 2 fully saturated rings. The van der Waals surface area contributed by atoms with Crippen LogP contribution >= 0.6 is 0 Å². The highest BCUT2D eigenvalue weighted by Crippen LogP contribution is 2.29. The molecule has 0 aliphatic carbocycles. The average molecular weight is 345 g/mol. The fraction of sp³-hybridized carbons (Fsp3) is 0.750. The van der Waals surface area contributed by atoms with Crippen LogP contribution in [0.3, 0.4) is 0 Å². The molecule has 138 valence electrons. The van der Waals surface area contributed by atoms with E-state index in [9.17, 15) is 4.79 Å². The van der Waals surface area contributed by atoms with Crippen LogP contribution in [0.1, 0.15) is 69.8 Å². The van der Waals surface area contributed by atoms with E-state index in [2.05, 4.69) is 34.7 Å². The summed E-state index contributed by atoms with van der Waals surface area (Å²) in [5.74, 6) is 3.16. The van der Waals surface area contributed by atoms with Gasteiger partial charge in [0.25, 0.3) is 0 Å². The Hall–Kier alpha value is -1.65. The van der Waals surface area contributed by atoms with Crippen molar-refractivity contribution in [3.63, 3.8) is 0 Å². The Morgan fingerprint density at radius 1 is 1.20 bits per heavy atom. The molecular weight excluding hydrogens is 312 g/mol. The Morgan fingerprint density at radius 3 is 2.68 bits per heavy atom. The third kappa shape index (κ3) is 4.71. The lowest BCUT2D eigenvalue weighted by Gasteiger charge is -2.33. The van der Waals surface area contributed by atoms with Gasteiger partial charge in [-0.25, -0.2) is 9.97 Å². The highest BCUT2D eigenvalue weighted by Gasteiger charge is 2.26. The molecule has 0 spiro atoms. The maximum atomic E-state index is 12.5. The number of piperidine rings is 1. The van der Waals surface area contributed by atoms with E-state index in [1.807, 2.05) is 6.92 Å². The number of carbonyl (C=O) groups excluding carboxylic acids is 1. The quantitative estimate of drug-likeness (QED) is 0.820. The second-order valence-electron chi connectivity index (χ2n) is 8.00. The number of aromatic nitrogens is 2. The van der Waals surface area contributed by atoms with Gasteiger partial charge in [-0.2, -0.15) is 0 Å². The van der Waals surface area contributed by atoms with Gasteiger partial charge in [0.15, 0.2) is 0 Å². The van der Waals surface area contributed by atoms with Crippen molar-refractivity contribution in [3.8, 4) is 0 Å².